The lowest BCUT2D eigenvalue weighted by Crippen LogP contribution is -2.34. The van der Waals surface area contributed by atoms with Crippen LogP contribution in [0.15, 0.2) is 65.3 Å². The average Bonchev–Trinajstić information content (AvgIpc) is 3.27. The summed E-state index contributed by atoms with van der Waals surface area (Å²) in [6.07, 6.45) is 2.48. The third kappa shape index (κ3) is 7.18. The highest BCUT2D eigenvalue weighted by molar-refractivity contribution is 7.86. The molecule has 1 N–H and O–H groups in total. The molecule has 10 heteroatoms. The number of rotatable bonds is 10. The summed E-state index contributed by atoms with van der Waals surface area (Å²) in [5.74, 6) is 1.61. The number of carbonyl (C=O) groups excluding carboxylic acids is 1. The Labute approximate surface area is 193 Å². The molecular formula is C23H26N2O7S. The Morgan fingerprint density at radius 1 is 1.06 bits per heavy atom. The molecule has 3 rings (SSSR count). The minimum Gasteiger partial charge on any atom is -0.494 e. The lowest BCUT2D eigenvalue weighted by Gasteiger charge is -2.23. The number of carbonyl (C=O) groups is 1. The highest BCUT2D eigenvalue weighted by Gasteiger charge is 2.19. The molecule has 1 heterocycles. The van der Waals surface area contributed by atoms with Crippen LogP contribution in [0, 0.1) is 0 Å². The molecule has 0 fully saturated rings. The molecule has 2 aromatic carbocycles. The first kappa shape index (κ1) is 24.0. The van der Waals surface area contributed by atoms with E-state index in [0.29, 0.717) is 29.4 Å². The molecule has 0 saturated heterocycles. The molecule has 0 unspecified atom stereocenters. The van der Waals surface area contributed by atoms with Crippen molar-refractivity contribution in [1.82, 2.24) is 4.90 Å². The molecule has 0 bridgehead atoms. The summed E-state index contributed by atoms with van der Waals surface area (Å²) in [5.41, 5.74) is 1.24. The predicted molar refractivity (Wildman–Crippen MR) is 123 cm³/mol. The van der Waals surface area contributed by atoms with Gasteiger partial charge in [-0.2, -0.15) is 8.42 Å². The van der Waals surface area contributed by atoms with Gasteiger partial charge in [0.25, 0.3) is 0 Å². The zero-order valence-electron chi connectivity index (χ0n) is 18.6. The van der Waals surface area contributed by atoms with E-state index in [1.54, 1.807) is 48.5 Å². The van der Waals surface area contributed by atoms with E-state index < -0.39 is 10.1 Å². The molecular weight excluding hydrogens is 448 g/mol. The fraction of sp³-hybridized carbons (Fsp3) is 0.261. The van der Waals surface area contributed by atoms with Crippen LogP contribution >= 0.6 is 0 Å². The fourth-order valence-electron chi connectivity index (χ4n) is 3.06. The van der Waals surface area contributed by atoms with E-state index in [9.17, 15) is 13.2 Å². The number of hydrogen-bond donors (Lipinski definition) is 1. The van der Waals surface area contributed by atoms with Crippen LogP contribution in [0.25, 0.3) is 0 Å². The summed E-state index contributed by atoms with van der Waals surface area (Å²) in [7, 11) is -2.34. The van der Waals surface area contributed by atoms with Crippen LogP contribution in [-0.2, 0) is 23.2 Å². The molecule has 2 amide bonds. The van der Waals surface area contributed by atoms with Crippen molar-refractivity contribution >= 4 is 21.8 Å². The van der Waals surface area contributed by atoms with E-state index in [4.69, 9.17) is 18.1 Å². The summed E-state index contributed by atoms with van der Waals surface area (Å²) in [6, 6.07) is 15.0. The molecule has 0 spiro atoms. The van der Waals surface area contributed by atoms with Crippen molar-refractivity contribution in [3.8, 4) is 17.2 Å². The summed E-state index contributed by atoms with van der Waals surface area (Å²) in [6.45, 7) is 2.81. The lowest BCUT2D eigenvalue weighted by molar-refractivity contribution is 0.201. The number of anilines is 1. The van der Waals surface area contributed by atoms with Gasteiger partial charge in [0.2, 0.25) is 0 Å². The number of methoxy groups -OCH3 is 1. The topological polar surface area (TPSA) is 107 Å². The predicted octanol–water partition coefficient (Wildman–Crippen LogP) is 4.26. The highest BCUT2D eigenvalue weighted by Crippen LogP contribution is 2.30. The Morgan fingerprint density at radius 3 is 2.42 bits per heavy atom. The lowest BCUT2D eigenvalue weighted by atomic mass is 10.2. The number of benzene rings is 2. The van der Waals surface area contributed by atoms with Crippen molar-refractivity contribution < 1.29 is 31.3 Å². The molecule has 176 valence electrons. The van der Waals surface area contributed by atoms with Crippen molar-refractivity contribution in [2.24, 2.45) is 0 Å². The quantitative estimate of drug-likeness (QED) is 0.438. The van der Waals surface area contributed by atoms with Crippen molar-refractivity contribution in [3.63, 3.8) is 0 Å². The van der Waals surface area contributed by atoms with Gasteiger partial charge in [0.15, 0.2) is 11.5 Å². The van der Waals surface area contributed by atoms with E-state index in [2.05, 4.69) is 5.32 Å². The van der Waals surface area contributed by atoms with Gasteiger partial charge in [-0.3, -0.25) is 0 Å². The normalized spacial score (nSPS) is 11.0. The second-order valence-electron chi connectivity index (χ2n) is 7.10. The van der Waals surface area contributed by atoms with Crippen LogP contribution < -0.4 is 19.0 Å². The molecule has 33 heavy (non-hydrogen) atoms. The van der Waals surface area contributed by atoms with Crippen LogP contribution in [0.5, 0.6) is 17.2 Å². The third-order valence-corrected chi connectivity index (χ3v) is 4.96. The SMILES string of the molecule is CCOc1ccc(NC(=O)N(Cc2ccc(OC)c(OS(C)(=O)=O)c2)Cc2ccco2)cc1. The maximum atomic E-state index is 13.1. The van der Waals surface area contributed by atoms with Crippen molar-refractivity contribution in [3.05, 3.63) is 72.2 Å². The van der Waals surface area contributed by atoms with E-state index in [0.717, 1.165) is 6.26 Å². The van der Waals surface area contributed by atoms with E-state index in [1.165, 1.54) is 24.3 Å². The van der Waals surface area contributed by atoms with E-state index >= 15 is 0 Å². The monoisotopic (exact) mass is 474 g/mol. The second-order valence-corrected chi connectivity index (χ2v) is 8.67. The molecule has 3 aromatic rings. The summed E-state index contributed by atoms with van der Waals surface area (Å²) in [5, 5.41) is 2.86. The van der Waals surface area contributed by atoms with Crippen LogP contribution in [0.2, 0.25) is 0 Å². The van der Waals surface area contributed by atoms with Crippen LogP contribution in [0.4, 0.5) is 10.5 Å². The molecule has 9 nitrogen and oxygen atoms in total. The average molecular weight is 475 g/mol. The maximum absolute atomic E-state index is 13.1. The van der Waals surface area contributed by atoms with E-state index in [-0.39, 0.29) is 30.6 Å². The Balaban J connectivity index is 1.81. The van der Waals surface area contributed by atoms with Crippen molar-refractivity contribution in [1.29, 1.82) is 0 Å². The van der Waals surface area contributed by atoms with Crippen molar-refractivity contribution in [2.45, 2.75) is 20.0 Å². The van der Waals surface area contributed by atoms with Crippen LogP contribution in [0.3, 0.4) is 0 Å². The summed E-state index contributed by atoms with van der Waals surface area (Å²) >= 11 is 0. The molecule has 0 aliphatic carbocycles. The van der Waals surface area contributed by atoms with Crippen LogP contribution in [0.1, 0.15) is 18.2 Å². The van der Waals surface area contributed by atoms with Gasteiger partial charge >= 0.3 is 16.1 Å². The third-order valence-electron chi connectivity index (χ3n) is 4.47. The summed E-state index contributed by atoms with van der Waals surface area (Å²) in [4.78, 5) is 14.6. The second kappa shape index (κ2) is 10.8. The number of urea groups is 1. The van der Waals surface area contributed by atoms with Crippen molar-refractivity contribution in [2.75, 3.05) is 25.3 Å². The minimum absolute atomic E-state index is 0.0439. The Bertz CT molecular complexity index is 1160. The molecule has 1 aromatic heterocycles. The first-order chi connectivity index (χ1) is 15.8. The molecule has 0 atom stereocenters. The van der Waals surface area contributed by atoms with Gasteiger partial charge < -0.3 is 28.3 Å². The molecule has 0 aliphatic heterocycles. The van der Waals surface area contributed by atoms with E-state index in [1.807, 2.05) is 6.92 Å². The van der Waals surface area contributed by atoms with Gasteiger partial charge in [0.05, 0.1) is 32.8 Å². The van der Waals surface area contributed by atoms with Gasteiger partial charge in [-0.15, -0.1) is 0 Å². The Morgan fingerprint density at radius 2 is 1.82 bits per heavy atom. The number of furan rings is 1. The summed E-state index contributed by atoms with van der Waals surface area (Å²) < 4.78 is 44.3. The zero-order valence-corrected chi connectivity index (χ0v) is 19.4. The van der Waals surface area contributed by atoms with Crippen LogP contribution in [-0.4, -0.2) is 39.3 Å². The molecule has 0 radical (unpaired) electrons. The standard InChI is InChI=1S/C23H26N2O7S/c1-4-30-19-10-8-18(9-11-19)24-23(26)25(16-20-6-5-13-31-20)15-17-7-12-21(29-2)22(14-17)32-33(3,27)28/h5-14H,4,15-16H2,1-3H3,(H,24,26). The number of hydrogen-bond acceptors (Lipinski definition) is 7. The first-order valence-electron chi connectivity index (χ1n) is 10.1. The number of nitrogens with one attached hydrogen (secondary N) is 1. The van der Waals surface area contributed by atoms with Gasteiger partial charge in [-0.05, 0) is 61.0 Å². The minimum atomic E-state index is -3.76. The largest absolute Gasteiger partial charge is 0.494 e. The van der Waals surface area contributed by atoms with Gasteiger partial charge in [-0.1, -0.05) is 6.07 Å². The van der Waals surface area contributed by atoms with Gasteiger partial charge in [0.1, 0.15) is 11.5 Å². The number of amides is 2. The number of nitrogens with zero attached hydrogens (tertiary/aromatic N) is 1. The Kier molecular flexibility index (Phi) is 7.83. The zero-order chi connectivity index (χ0) is 23.8. The fourth-order valence-corrected chi connectivity index (χ4v) is 3.52. The molecule has 0 saturated carbocycles. The maximum Gasteiger partial charge on any atom is 0.322 e. The smallest absolute Gasteiger partial charge is 0.322 e. The van der Waals surface area contributed by atoms with Gasteiger partial charge in [-0.25, -0.2) is 4.79 Å². The highest BCUT2D eigenvalue weighted by atomic mass is 32.2. The molecule has 0 aliphatic rings. The number of ether oxygens (including phenoxy) is 2. The Hall–Kier alpha value is -3.66. The van der Waals surface area contributed by atoms with Gasteiger partial charge in [0, 0.05) is 12.2 Å². The first-order valence-corrected chi connectivity index (χ1v) is 12.0.